The van der Waals surface area contributed by atoms with Crippen LogP contribution in [0.3, 0.4) is 0 Å². The van der Waals surface area contributed by atoms with Crippen LogP contribution >= 0.6 is 11.6 Å². The lowest BCUT2D eigenvalue weighted by Crippen LogP contribution is -1.93. The van der Waals surface area contributed by atoms with Gasteiger partial charge in [-0.25, -0.2) is 4.98 Å². The van der Waals surface area contributed by atoms with E-state index in [0.29, 0.717) is 10.8 Å². The summed E-state index contributed by atoms with van der Waals surface area (Å²) >= 11 is 5.77. The van der Waals surface area contributed by atoms with Gasteiger partial charge in [0.25, 0.3) is 0 Å². The van der Waals surface area contributed by atoms with Crippen molar-refractivity contribution in [2.24, 2.45) is 0 Å². The molecule has 1 N–H and O–H groups in total. The number of hydrogen-bond acceptors (Lipinski definition) is 2. The fourth-order valence-corrected chi connectivity index (χ4v) is 1.32. The number of Topliss-reactive ketones (excluding diaryl/α,β-unsaturated/α-hetero) is 1. The lowest BCUT2D eigenvalue weighted by molar-refractivity contribution is 0.100. The molecule has 2 aromatic rings. The van der Waals surface area contributed by atoms with E-state index in [-0.39, 0.29) is 5.78 Å². The molecule has 0 radical (unpaired) electrons. The minimum Gasteiger partial charge on any atom is -0.335 e. The Labute approximate surface area is 107 Å². The van der Waals surface area contributed by atoms with Gasteiger partial charge in [0.15, 0.2) is 11.6 Å². The second-order valence-corrected chi connectivity index (χ2v) is 3.24. The van der Waals surface area contributed by atoms with E-state index in [4.69, 9.17) is 11.6 Å². The van der Waals surface area contributed by atoms with Crippen LogP contribution in [0.1, 0.15) is 45.2 Å². The van der Waals surface area contributed by atoms with Crippen molar-refractivity contribution >= 4 is 28.4 Å². The zero-order valence-corrected chi connectivity index (χ0v) is 11.7. The normalized spacial score (nSPS) is 8.82. The van der Waals surface area contributed by atoms with Gasteiger partial charge in [0.05, 0.1) is 11.0 Å². The molecule has 1 aromatic heterocycles. The average molecular weight is 255 g/mol. The van der Waals surface area contributed by atoms with Gasteiger partial charge in [-0.05, 0) is 18.2 Å². The highest BCUT2D eigenvalue weighted by Crippen LogP contribution is 2.17. The molecule has 0 fully saturated rings. The number of nitrogens with one attached hydrogen (secondary N) is 1. The number of carbonyl (C=O) groups is 1. The van der Waals surface area contributed by atoms with Crippen LogP contribution in [0, 0.1) is 0 Å². The maximum atomic E-state index is 11.0. The highest BCUT2D eigenvalue weighted by atomic mass is 35.5. The summed E-state index contributed by atoms with van der Waals surface area (Å²) in [6.45, 7) is 9.47. The van der Waals surface area contributed by atoms with E-state index < -0.39 is 0 Å². The van der Waals surface area contributed by atoms with Crippen LogP contribution in [0.5, 0.6) is 0 Å². The Balaban J connectivity index is 0.000000581. The van der Waals surface area contributed by atoms with Crippen LogP contribution in [0.25, 0.3) is 11.0 Å². The number of nitrogens with zero attached hydrogens (tertiary/aromatic N) is 1. The summed E-state index contributed by atoms with van der Waals surface area (Å²) in [5.41, 5.74) is 1.55. The molecule has 0 aliphatic carbocycles. The van der Waals surface area contributed by atoms with Crippen molar-refractivity contribution in [1.82, 2.24) is 9.97 Å². The molecule has 0 spiro atoms. The van der Waals surface area contributed by atoms with Crippen molar-refractivity contribution in [1.29, 1.82) is 0 Å². The fourth-order valence-electron chi connectivity index (χ4n) is 1.15. The van der Waals surface area contributed by atoms with E-state index in [0.717, 1.165) is 11.0 Å². The molecule has 2 rings (SSSR count). The van der Waals surface area contributed by atoms with Crippen LogP contribution in [0.15, 0.2) is 18.2 Å². The summed E-state index contributed by atoms with van der Waals surface area (Å²) in [5, 5.41) is 0.631. The summed E-state index contributed by atoms with van der Waals surface area (Å²) in [7, 11) is 0. The van der Waals surface area contributed by atoms with E-state index >= 15 is 0 Å². The highest BCUT2D eigenvalue weighted by Gasteiger charge is 2.05. The second kappa shape index (κ2) is 7.85. The van der Waals surface area contributed by atoms with Crippen molar-refractivity contribution < 1.29 is 4.79 Å². The first-order chi connectivity index (χ1) is 8.16. The zero-order chi connectivity index (χ0) is 13.4. The Hall–Kier alpha value is -1.35. The maximum Gasteiger partial charge on any atom is 0.195 e. The molecule has 0 amide bonds. The molecule has 0 unspecified atom stereocenters. The summed E-state index contributed by atoms with van der Waals surface area (Å²) in [5.74, 6) is 0.296. The molecule has 1 heterocycles. The van der Waals surface area contributed by atoms with Gasteiger partial charge < -0.3 is 4.98 Å². The van der Waals surface area contributed by atoms with Gasteiger partial charge in [-0.1, -0.05) is 39.3 Å². The quantitative estimate of drug-likeness (QED) is 0.763. The fraction of sp³-hybridized carbons (Fsp3) is 0.385. The monoisotopic (exact) mass is 254 g/mol. The van der Waals surface area contributed by atoms with Crippen molar-refractivity contribution in [3.63, 3.8) is 0 Å². The van der Waals surface area contributed by atoms with Crippen LogP contribution < -0.4 is 0 Å². The summed E-state index contributed by atoms with van der Waals surface area (Å²) in [4.78, 5) is 18.0. The number of carbonyl (C=O) groups excluding carboxylic acids is 1. The Morgan fingerprint density at radius 1 is 1.24 bits per heavy atom. The maximum absolute atomic E-state index is 11.0. The molecule has 94 valence electrons. The van der Waals surface area contributed by atoms with Crippen molar-refractivity contribution in [3.8, 4) is 0 Å². The largest absolute Gasteiger partial charge is 0.335 e. The topological polar surface area (TPSA) is 45.8 Å². The van der Waals surface area contributed by atoms with E-state index in [1.807, 2.05) is 27.7 Å². The lowest BCUT2D eigenvalue weighted by Gasteiger charge is -1.87. The van der Waals surface area contributed by atoms with Crippen LogP contribution in [0.2, 0.25) is 5.02 Å². The van der Waals surface area contributed by atoms with Crippen molar-refractivity contribution in [3.05, 3.63) is 29.0 Å². The molecular formula is C13H19ClN2O. The highest BCUT2D eigenvalue weighted by molar-refractivity contribution is 6.31. The number of hydrogen-bond donors (Lipinski definition) is 1. The molecule has 0 bridgehead atoms. The Kier molecular flexibility index (Phi) is 7.22. The predicted molar refractivity (Wildman–Crippen MR) is 73.8 cm³/mol. The van der Waals surface area contributed by atoms with Gasteiger partial charge in [0, 0.05) is 11.9 Å². The third-order valence-electron chi connectivity index (χ3n) is 1.78. The number of aromatic amines is 1. The van der Waals surface area contributed by atoms with Crippen LogP contribution in [0.4, 0.5) is 0 Å². The first-order valence-corrected chi connectivity index (χ1v) is 6.21. The smallest absolute Gasteiger partial charge is 0.195 e. The number of H-pyrrole nitrogens is 1. The lowest BCUT2D eigenvalue weighted by atomic mass is 10.3. The van der Waals surface area contributed by atoms with Crippen LogP contribution in [-0.4, -0.2) is 15.8 Å². The third kappa shape index (κ3) is 4.19. The Morgan fingerprint density at radius 2 is 1.82 bits per heavy atom. The zero-order valence-electron chi connectivity index (χ0n) is 11.0. The summed E-state index contributed by atoms with van der Waals surface area (Å²) in [6, 6.07) is 5.27. The van der Waals surface area contributed by atoms with Crippen LogP contribution in [-0.2, 0) is 0 Å². The summed E-state index contributed by atoms with van der Waals surface area (Å²) in [6.07, 6.45) is 0. The minimum atomic E-state index is -0.0766. The Bertz CT molecular complexity index is 477. The number of benzene rings is 1. The first-order valence-electron chi connectivity index (χ1n) is 5.83. The van der Waals surface area contributed by atoms with Gasteiger partial charge in [-0.3, -0.25) is 4.79 Å². The van der Waals surface area contributed by atoms with E-state index in [1.54, 1.807) is 18.2 Å². The standard InChI is InChI=1S/C9H7ClN2O.2C2H6/c1-5(13)9-11-7-3-2-6(10)4-8(7)12-9;2*1-2/h2-4H,1H3,(H,11,12);2*1-2H3. The number of aromatic nitrogens is 2. The first kappa shape index (κ1) is 15.7. The number of imidazole rings is 1. The van der Waals surface area contributed by atoms with Gasteiger partial charge in [-0.15, -0.1) is 0 Å². The molecule has 1 aromatic carbocycles. The molecule has 0 saturated heterocycles. The van der Waals surface area contributed by atoms with Gasteiger partial charge in [-0.2, -0.15) is 0 Å². The van der Waals surface area contributed by atoms with Crippen molar-refractivity contribution in [2.75, 3.05) is 0 Å². The number of fused-ring (bicyclic) bond motifs is 1. The van der Waals surface area contributed by atoms with Gasteiger partial charge in [0.2, 0.25) is 0 Å². The molecule has 0 saturated carbocycles. The molecular weight excluding hydrogens is 236 g/mol. The summed E-state index contributed by atoms with van der Waals surface area (Å²) < 4.78 is 0. The SMILES string of the molecule is CC.CC.CC(=O)c1nc2ccc(Cl)cc2[nH]1. The van der Waals surface area contributed by atoms with Gasteiger partial charge >= 0.3 is 0 Å². The molecule has 0 atom stereocenters. The van der Waals surface area contributed by atoms with Gasteiger partial charge in [0.1, 0.15) is 0 Å². The Morgan fingerprint density at radius 3 is 2.35 bits per heavy atom. The van der Waals surface area contributed by atoms with E-state index in [1.165, 1.54) is 6.92 Å². The number of halogens is 1. The molecule has 4 heteroatoms. The van der Waals surface area contributed by atoms with E-state index in [2.05, 4.69) is 9.97 Å². The average Bonchev–Trinajstić information content (AvgIpc) is 2.77. The molecule has 3 nitrogen and oxygen atoms in total. The van der Waals surface area contributed by atoms with E-state index in [9.17, 15) is 4.79 Å². The number of ketones is 1. The predicted octanol–water partition coefficient (Wildman–Crippen LogP) is 4.47. The molecule has 0 aliphatic heterocycles. The molecule has 0 aliphatic rings. The number of rotatable bonds is 1. The second-order valence-electron chi connectivity index (χ2n) is 2.80. The minimum absolute atomic E-state index is 0.0766. The third-order valence-corrected chi connectivity index (χ3v) is 2.01. The molecule has 17 heavy (non-hydrogen) atoms. The van der Waals surface area contributed by atoms with Crippen molar-refractivity contribution in [2.45, 2.75) is 34.6 Å².